The quantitative estimate of drug-likeness (QED) is 0.611. The lowest BCUT2D eigenvalue weighted by molar-refractivity contribution is -0.120. The highest BCUT2D eigenvalue weighted by atomic mass is 16.5. The maximum Gasteiger partial charge on any atom is 0.233 e. The number of nitrogens with one attached hydrogen (secondary N) is 2. The number of hydrogen-bond acceptors (Lipinski definition) is 4. The van der Waals surface area contributed by atoms with E-state index in [4.69, 9.17) is 9.15 Å². The van der Waals surface area contributed by atoms with Crippen molar-refractivity contribution in [1.82, 2.24) is 10.6 Å². The molecule has 0 aliphatic carbocycles. The van der Waals surface area contributed by atoms with Crippen molar-refractivity contribution < 1.29 is 13.9 Å². The van der Waals surface area contributed by atoms with Crippen LogP contribution in [0.3, 0.4) is 0 Å². The van der Waals surface area contributed by atoms with Gasteiger partial charge in [0.15, 0.2) is 0 Å². The lowest BCUT2D eigenvalue weighted by atomic mass is 10.0. The molecule has 27 heavy (non-hydrogen) atoms. The number of ether oxygens (including phenoxy) is 1. The molecule has 5 heteroatoms. The number of amides is 1. The highest BCUT2D eigenvalue weighted by Gasteiger charge is 2.17. The molecule has 0 saturated carbocycles. The van der Waals surface area contributed by atoms with Crippen molar-refractivity contribution in [3.63, 3.8) is 0 Å². The van der Waals surface area contributed by atoms with Crippen molar-refractivity contribution in [2.75, 3.05) is 20.2 Å². The molecule has 0 bridgehead atoms. The van der Waals surface area contributed by atoms with Crippen LogP contribution < -0.4 is 15.4 Å². The maximum absolute atomic E-state index is 12.2. The second kappa shape index (κ2) is 9.59. The second-order valence-electron chi connectivity index (χ2n) is 6.19. The molecule has 2 aromatic carbocycles. The van der Waals surface area contributed by atoms with Gasteiger partial charge in [0.05, 0.1) is 26.0 Å². The van der Waals surface area contributed by atoms with Crippen LogP contribution in [0.5, 0.6) is 5.75 Å². The summed E-state index contributed by atoms with van der Waals surface area (Å²) in [4.78, 5) is 12.2. The summed E-state index contributed by atoms with van der Waals surface area (Å²) in [5.74, 6) is 1.57. The summed E-state index contributed by atoms with van der Waals surface area (Å²) in [5, 5.41) is 6.23. The third-order valence-electron chi connectivity index (χ3n) is 4.32. The molecule has 1 atom stereocenters. The summed E-state index contributed by atoms with van der Waals surface area (Å²) in [5.41, 5.74) is 2.21. The Balaban J connectivity index is 1.49. The molecular weight excluding hydrogens is 340 g/mol. The lowest BCUT2D eigenvalue weighted by Crippen LogP contribution is -2.36. The Bertz CT molecular complexity index is 815. The maximum atomic E-state index is 12.2. The normalized spacial score (nSPS) is 11.7. The van der Waals surface area contributed by atoms with E-state index in [0.29, 0.717) is 6.54 Å². The monoisotopic (exact) mass is 364 g/mol. The molecular formula is C22H24N2O3. The molecule has 5 nitrogen and oxygen atoms in total. The van der Waals surface area contributed by atoms with E-state index in [9.17, 15) is 4.79 Å². The van der Waals surface area contributed by atoms with Crippen LogP contribution in [0.2, 0.25) is 0 Å². The first kappa shape index (κ1) is 18.7. The fraction of sp³-hybridized carbons (Fsp3) is 0.227. The van der Waals surface area contributed by atoms with Crippen LogP contribution >= 0.6 is 0 Å². The van der Waals surface area contributed by atoms with Crippen molar-refractivity contribution in [2.45, 2.75) is 12.5 Å². The summed E-state index contributed by atoms with van der Waals surface area (Å²) in [6.07, 6.45) is 2.41. The molecule has 1 amide bonds. The standard InChI is InChI=1S/C22H24N2O3/c1-26-19-11-9-17(10-12-19)13-14-23-21(25)16-24-22(20-8-5-15-27-20)18-6-3-2-4-7-18/h2-12,15,22,24H,13-14,16H2,1H3,(H,23,25)/t22-/m0/s1. The fourth-order valence-corrected chi connectivity index (χ4v) is 2.88. The number of furan rings is 1. The minimum absolute atomic E-state index is 0.0454. The smallest absolute Gasteiger partial charge is 0.233 e. The molecule has 3 aromatic rings. The summed E-state index contributed by atoms with van der Waals surface area (Å²) >= 11 is 0. The average molecular weight is 364 g/mol. The zero-order valence-corrected chi connectivity index (χ0v) is 15.4. The van der Waals surface area contributed by atoms with Gasteiger partial charge in [-0.1, -0.05) is 42.5 Å². The van der Waals surface area contributed by atoms with Gasteiger partial charge < -0.3 is 14.5 Å². The SMILES string of the molecule is COc1ccc(CCNC(=O)CN[C@@H](c2ccccc2)c2ccco2)cc1. The number of methoxy groups -OCH3 is 1. The molecule has 0 fully saturated rings. The van der Waals surface area contributed by atoms with Crippen molar-refractivity contribution in [3.05, 3.63) is 89.9 Å². The lowest BCUT2D eigenvalue weighted by Gasteiger charge is -2.17. The average Bonchev–Trinajstić information content (AvgIpc) is 3.24. The van der Waals surface area contributed by atoms with Gasteiger partial charge in [-0.3, -0.25) is 10.1 Å². The Morgan fingerprint density at radius 2 is 1.81 bits per heavy atom. The van der Waals surface area contributed by atoms with E-state index in [1.807, 2.05) is 66.7 Å². The molecule has 2 N–H and O–H groups in total. The first-order valence-electron chi connectivity index (χ1n) is 8.97. The van der Waals surface area contributed by atoms with Gasteiger partial charge in [0.25, 0.3) is 0 Å². The Morgan fingerprint density at radius 1 is 1.04 bits per heavy atom. The highest BCUT2D eigenvalue weighted by Crippen LogP contribution is 2.21. The van der Waals surface area contributed by atoms with E-state index >= 15 is 0 Å². The second-order valence-corrected chi connectivity index (χ2v) is 6.19. The van der Waals surface area contributed by atoms with E-state index in [-0.39, 0.29) is 18.5 Å². The minimum atomic E-state index is -0.159. The molecule has 0 radical (unpaired) electrons. The van der Waals surface area contributed by atoms with Gasteiger partial charge in [0.2, 0.25) is 5.91 Å². The fourth-order valence-electron chi connectivity index (χ4n) is 2.88. The van der Waals surface area contributed by atoms with Crippen LogP contribution in [0.15, 0.2) is 77.4 Å². The molecule has 140 valence electrons. The number of carbonyl (C=O) groups is 1. The van der Waals surface area contributed by atoms with Gasteiger partial charge >= 0.3 is 0 Å². The minimum Gasteiger partial charge on any atom is -0.497 e. The molecule has 3 rings (SSSR count). The molecule has 0 spiro atoms. The van der Waals surface area contributed by atoms with Crippen LogP contribution in [-0.2, 0) is 11.2 Å². The van der Waals surface area contributed by atoms with Gasteiger partial charge in [0.1, 0.15) is 11.5 Å². The summed E-state index contributed by atoms with van der Waals surface area (Å²) in [6.45, 7) is 0.798. The van der Waals surface area contributed by atoms with E-state index in [0.717, 1.165) is 29.1 Å². The van der Waals surface area contributed by atoms with Gasteiger partial charge in [-0.05, 0) is 41.8 Å². The number of rotatable bonds is 9. The summed E-state index contributed by atoms with van der Waals surface area (Å²) in [6, 6.07) is 21.4. The van der Waals surface area contributed by atoms with Crippen LogP contribution in [0.4, 0.5) is 0 Å². The van der Waals surface area contributed by atoms with E-state index in [1.165, 1.54) is 0 Å². The number of carbonyl (C=O) groups excluding carboxylic acids is 1. The van der Waals surface area contributed by atoms with E-state index < -0.39 is 0 Å². The molecule has 1 heterocycles. The van der Waals surface area contributed by atoms with E-state index in [2.05, 4.69) is 10.6 Å². The molecule has 0 unspecified atom stereocenters. The van der Waals surface area contributed by atoms with Gasteiger partial charge in [-0.15, -0.1) is 0 Å². The topological polar surface area (TPSA) is 63.5 Å². The van der Waals surface area contributed by atoms with Gasteiger partial charge in [0, 0.05) is 6.54 Å². The third kappa shape index (κ3) is 5.46. The van der Waals surface area contributed by atoms with Crippen LogP contribution in [0, 0.1) is 0 Å². The van der Waals surface area contributed by atoms with Crippen molar-refractivity contribution in [3.8, 4) is 5.75 Å². The summed E-state index contributed by atoms with van der Waals surface area (Å²) < 4.78 is 10.7. The highest BCUT2D eigenvalue weighted by molar-refractivity contribution is 5.78. The molecule has 0 saturated heterocycles. The molecule has 0 aliphatic rings. The van der Waals surface area contributed by atoms with Crippen LogP contribution in [-0.4, -0.2) is 26.1 Å². The zero-order valence-electron chi connectivity index (χ0n) is 15.4. The van der Waals surface area contributed by atoms with Crippen molar-refractivity contribution in [1.29, 1.82) is 0 Å². The Kier molecular flexibility index (Phi) is 6.66. The van der Waals surface area contributed by atoms with Crippen molar-refractivity contribution >= 4 is 5.91 Å². The van der Waals surface area contributed by atoms with Crippen LogP contribution in [0.1, 0.15) is 22.9 Å². The Morgan fingerprint density at radius 3 is 2.48 bits per heavy atom. The number of benzene rings is 2. The number of hydrogen-bond donors (Lipinski definition) is 2. The Hall–Kier alpha value is -3.05. The van der Waals surface area contributed by atoms with Crippen LogP contribution in [0.25, 0.3) is 0 Å². The molecule has 0 aliphatic heterocycles. The summed E-state index contributed by atoms with van der Waals surface area (Å²) in [7, 11) is 1.65. The van der Waals surface area contributed by atoms with Gasteiger partial charge in [-0.2, -0.15) is 0 Å². The largest absolute Gasteiger partial charge is 0.497 e. The Labute approximate surface area is 159 Å². The predicted octanol–water partition coefficient (Wildman–Crippen LogP) is 3.33. The zero-order chi connectivity index (χ0) is 18.9. The first-order chi connectivity index (χ1) is 13.3. The van der Waals surface area contributed by atoms with E-state index in [1.54, 1.807) is 13.4 Å². The molecule has 1 aromatic heterocycles. The van der Waals surface area contributed by atoms with Gasteiger partial charge in [-0.25, -0.2) is 0 Å². The third-order valence-corrected chi connectivity index (χ3v) is 4.32. The predicted molar refractivity (Wildman–Crippen MR) is 105 cm³/mol. The first-order valence-corrected chi connectivity index (χ1v) is 8.97. The van der Waals surface area contributed by atoms with Crippen molar-refractivity contribution in [2.24, 2.45) is 0 Å².